The first-order chi connectivity index (χ1) is 16.4. The number of nitrogens with zero attached hydrogens (tertiary/aromatic N) is 6. The summed E-state index contributed by atoms with van der Waals surface area (Å²) in [6, 6.07) is 0. The molecule has 28 heteroatoms. The van der Waals surface area contributed by atoms with Gasteiger partial charge < -0.3 is 79.6 Å². The number of alkyl halides is 6. The molecule has 0 saturated heterocycles. The van der Waals surface area contributed by atoms with Gasteiger partial charge in [-0.1, -0.05) is 0 Å². The van der Waals surface area contributed by atoms with Crippen LogP contribution in [0, 0.1) is 0 Å². The summed E-state index contributed by atoms with van der Waals surface area (Å²) >= 11 is 0. The van der Waals surface area contributed by atoms with Crippen LogP contribution < -0.4 is 34.4 Å². The number of halogens is 6. The molecule has 0 aromatic heterocycles. The second-order valence-electron chi connectivity index (χ2n) is 6.20. The minimum atomic E-state index is -6.09. The first kappa shape index (κ1) is 53.7. The van der Waals surface area contributed by atoms with Crippen LogP contribution in [0.15, 0.2) is 9.98 Å². The summed E-state index contributed by atoms with van der Waals surface area (Å²) in [7, 11) is -3.83. The van der Waals surface area contributed by atoms with Gasteiger partial charge in [0, 0.05) is 25.0 Å². The maximum atomic E-state index is 10.7. The van der Waals surface area contributed by atoms with E-state index in [1.54, 1.807) is 0 Å². The van der Waals surface area contributed by atoms with Crippen molar-refractivity contribution in [2.75, 3.05) is 41.3 Å². The monoisotopic (exact) mass is 827 g/mol. The van der Waals surface area contributed by atoms with Gasteiger partial charge in [0.2, 0.25) is 0 Å². The third kappa shape index (κ3) is 52.0. The second-order valence-corrected chi connectivity index (χ2v) is 8.94. The summed E-state index contributed by atoms with van der Waals surface area (Å²) in [4.78, 5) is 10.4. The van der Waals surface area contributed by atoms with E-state index in [-0.39, 0.29) is 38.5 Å². The first-order valence-electron chi connectivity index (χ1n) is 8.54. The van der Waals surface area contributed by atoms with Gasteiger partial charge in [-0.25, -0.2) is 16.8 Å². The van der Waals surface area contributed by atoms with Crippen molar-refractivity contribution in [3.8, 4) is 0 Å². The average Bonchev–Trinajstić information content (AvgIpc) is 2.56. The fourth-order valence-electron chi connectivity index (χ4n) is 0.665. The molecule has 0 heterocycles. The molecule has 0 aliphatic rings. The average molecular weight is 828 g/mol. The van der Waals surface area contributed by atoms with Crippen LogP contribution in [-0.4, -0.2) is 117 Å². The third-order valence-electron chi connectivity index (χ3n) is 2.05. The molecule has 0 atom stereocenters. The number of guanidine groups is 4. The Bertz CT molecular complexity index is 889. The fourth-order valence-corrected chi connectivity index (χ4v) is 0.665. The Morgan fingerprint density at radius 1 is 0.675 bits per heavy atom. The minimum Gasteiger partial charge on any atom is -0.741 e. The van der Waals surface area contributed by atoms with Crippen LogP contribution in [0.4, 0.5) is 26.3 Å². The molecule has 0 unspecified atom stereocenters. The van der Waals surface area contributed by atoms with Gasteiger partial charge >= 0.3 is 32.1 Å². The third-order valence-corrected chi connectivity index (χ3v) is 3.18. The number of hydrogen-bond donors (Lipinski definition) is 6. The maximum Gasteiger partial charge on any atom is 4.00 e. The topological polar surface area (TPSA) is 378 Å². The van der Waals surface area contributed by atoms with Gasteiger partial charge in [0.15, 0.2) is 20.2 Å². The van der Waals surface area contributed by atoms with E-state index in [9.17, 15) is 26.3 Å². The summed E-state index contributed by atoms with van der Waals surface area (Å²) in [5, 5.41) is 16.1. The number of hydrogen-bond acceptors (Lipinski definition) is 8. The van der Waals surface area contributed by atoms with Crippen molar-refractivity contribution in [2.45, 2.75) is 11.0 Å². The summed E-state index contributed by atoms with van der Waals surface area (Å²) < 4.78 is 118. The molecular formula is C12H30F6N12O7PtS2. The molecule has 0 aliphatic heterocycles. The van der Waals surface area contributed by atoms with Crippen molar-refractivity contribution in [1.29, 1.82) is 0 Å². The zero-order valence-electron chi connectivity index (χ0n) is 20.9. The SMILES string of the molecule is CN(C)CCN(C)C.O.O=S(=O)([O-])C(F)(F)F.O=S(=O)([O-])C(F)(F)F.[N-]=C(N)N=C(N)N.[N-]=C(N)N=C(N)N.[Pt+4]. The van der Waals surface area contributed by atoms with Gasteiger partial charge in [-0.05, 0) is 28.2 Å². The molecule has 0 bridgehead atoms. The maximum absolute atomic E-state index is 10.7. The number of nitrogens with two attached hydrogens (primary N) is 6. The zero-order valence-corrected chi connectivity index (χ0v) is 24.8. The summed E-state index contributed by atoms with van der Waals surface area (Å²) in [6.07, 6.45) is 0. The summed E-state index contributed by atoms with van der Waals surface area (Å²) in [6.45, 7) is 2.29. The van der Waals surface area contributed by atoms with Crippen molar-refractivity contribution in [1.82, 2.24) is 9.80 Å². The smallest absolute Gasteiger partial charge is 0.741 e. The molecule has 0 radical (unpaired) electrons. The van der Waals surface area contributed by atoms with Crippen LogP contribution in [-0.2, 0) is 41.3 Å². The molecule has 40 heavy (non-hydrogen) atoms. The van der Waals surface area contributed by atoms with E-state index in [2.05, 4.69) is 59.4 Å². The molecule has 0 fully saturated rings. The van der Waals surface area contributed by atoms with E-state index >= 15 is 0 Å². The van der Waals surface area contributed by atoms with Crippen molar-refractivity contribution < 1.29 is 78.8 Å². The first-order valence-corrected chi connectivity index (χ1v) is 11.4. The molecular weight excluding hydrogens is 797 g/mol. The van der Waals surface area contributed by atoms with Gasteiger partial charge in [-0.2, -0.15) is 26.3 Å². The molecule has 0 aliphatic carbocycles. The molecule has 19 nitrogen and oxygen atoms in total. The van der Waals surface area contributed by atoms with E-state index in [0.29, 0.717) is 0 Å². The minimum absolute atomic E-state index is 0. The van der Waals surface area contributed by atoms with E-state index in [0.717, 1.165) is 13.1 Å². The molecule has 0 spiro atoms. The Morgan fingerprint density at radius 3 is 0.850 bits per heavy atom. The molecule has 0 aromatic rings. The van der Waals surface area contributed by atoms with Crippen LogP contribution in [0.5, 0.6) is 0 Å². The number of aliphatic imine (C=N–C) groups is 2. The quantitative estimate of drug-likeness (QED) is 0.0515. The van der Waals surface area contributed by atoms with Crippen molar-refractivity contribution in [2.24, 2.45) is 44.4 Å². The number of rotatable bonds is 3. The van der Waals surface area contributed by atoms with Crippen LogP contribution in [0.1, 0.15) is 0 Å². The Kier molecular flexibility index (Phi) is 32.5. The van der Waals surface area contributed by atoms with Crippen LogP contribution >= 0.6 is 0 Å². The summed E-state index contributed by atoms with van der Waals surface area (Å²) in [5.41, 5.74) is 17.0. The van der Waals surface area contributed by atoms with Crippen LogP contribution in [0.3, 0.4) is 0 Å². The molecule has 0 aromatic carbocycles. The predicted octanol–water partition coefficient (Wildman–Crippen LogP) is -4.33. The standard InChI is InChI=1S/C6H16N2.2C2H6N5.2CHF3O3S.H2O.Pt/c1-7(2)5-6-8(3)4;2*3-1(4)7-2(5)6;2*2-1(3,4)8(5,6)7;;/h5-6H2,1-4H3;2*(H6-,3,4,5,6,7);2*(H,5,6,7);1H2;/q;2*-1;;;;+4/p-2. The van der Waals surface area contributed by atoms with Gasteiger partial charge in [0.05, 0.1) is 0 Å². The van der Waals surface area contributed by atoms with Crippen molar-refractivity contribution in [3.63, 3.8) is 0 Å². The van der Waals surface area contributed by atoms with Gasteiger partial charge in [0.25, 0.3) is 0 Å². The van der Waals surface area contributed by atoms with Gasteiger partial charge in [0.1, 0.15) is 11.9 Å². The zero-order chi connectivity index (χ0) is 32.3. The van der Waals surface area contributed by atoms with Crippen LogP contribution in [0.25, 0.3) is 10.8 Å². The molecule has 0 rings (SSSR count). The Labute approximate surface area is 240 Å². The second kappa shape index (κ2) is 24.3. The Hall–Kier alpha value is -2.55. The van der Waals surface area contributed by atoms with E-state index in [1.165, 1.54) is 0 Å². The molecule has 244 valence electrons. The molecule has 0 saturated carbocycles. The normalized spacial score (nSPS) is 10.4. The largest absolute Gasteiger partial charge is 4.00 e. The summed E-state index contributed by atoms with van der Waals surface area (Å²) in [5.74, 6) is -1.75. The predicted molar refractivity (Wildman–Crippen MR) is 129 cm³/mol. The van der Waals surface area contributed by atoms with Gasteiger partial charge in [-0.3, -0.25) is 0 Å². The molecule has 0 amide bonds. The van der Waals surface area contributed by atoms with Gasteiger partial charge in [-0.15, -0.1) is 0 Å². The molecule has 14 N–H and O–H groups in total. The Balaban J connectivity index is -0.0000000673. The van der Waals surface area contributed by atoms with Crippen LogP contribution in [0.2, 0.25) is 0 Å². The number of likely N-dealkylation sites (N-methyl/N-ethyl adjacent to an activating group) is 2. The Morgan fingerprint density at radius 2 is 0.825 bits per heavy atom. The van der Waals surface area contributed by atoms with Crippen molar-refractivity contribution in [3.05, 3.63) is 10.8 Å². The van der Waals surface area contributed by atoms with E-state index < -0.39 is 43.2 Å². The van der Waals surface area contributed by atoms with E-state index in [4.69, 9.17) is 59.7 Å². The van der Waals surface area contributed by atoms with Crippen molar-refractivity contribution >= 4 is 44.1 Å². The fraction of sp³-hybridized carbons (Fsp3) is 0.667. The van der Waals surface area contributed by atoms with E-state index in [1.807, 2.05) is 0 Å².